The first kappa shape index (κ1) is 46.9. The van der Waals surface area contributed by atoms with Gasteiger partial charge in [-0.15, -0.1) is 0 Å². The Morgan fingerprint density at radius 1 is 0.303 bits per heavy atom. The molecular weight excluding hydrogens is 942 g/mol. The zero-order valence-corrected chi connectivity index (χ0v) is 43.0. The maximum absolute atomic E-state index is 16.2. The quantitative estimate of drug-likeness (QED) is 0.0957. The lowest BCUT2D eigenvalue weighted by atomic mass is 9.65. The number of rotatable bonds is 11. The van der Waals surface area contributed by atoms with E-state index in [0.29, 0.717) is 17.5 Å². The van der Waals surface area contributed by atoms with E-state index in [0.717, 1.165) is 96.5 Å². The number of fused-ring (bicyclic) bond motifs is 2. The second kappa shape index (κ2) is 20.1. The molecule has 0 radical (unpaired) electrons. The molecular formula is C71H54N3OP. The predicted octanol–water partition coefficient (Wildman–Crippen LogP) is 17.1. The molecule has 4 nitrogen and oxygen atoms in total. The van der Waals surface area contributed by atoms with Crippen LogP contribution < -0.4 is 15.9 Å². The van der Waals surface area contributed by atoms with E-state index >= 15 is 4.57 Å². The van der Waals surface area contributed by atoms with E-state index < -0.39 is 7.14 Å². The van der Waals surface area contributed by atoms with Crippen LogP contribution in [0.2, 0.25) is 0 Å². The fraction of sp³-hybridized carbons (Fsp3) is 0.0845. The fourth-order valence-corrected chi connectivity index (χ4v) is 15.1. The molecule has 1 saturated carbocycles. The number of hydrogen-bond donors (Lipinski definition) is 0. The van der Waals surface area contributed by atoms with Gasteiger partial charge in [0.2, 0.25) is 0 Å². The minimum Gasteiger partial charge on any atom is -0.309 e. The second-order valence-corrected chi connectivity index (χ2v) is 22.8. The van der Waals surface area contributed by atoms with Gasteiger partial charge in [-0.3, -0.25) is 0 Å². The molecule has 5 heteroatoms. The summed E-state index contributed by atoms with van der Waals surface area (Å²) in [6.07, 6.45) is 5.70. The molecule has 13 rings (SSSR count). The molecule has 1 aromatic heterocycles. The molecule has 1 aliphatic carbocycles. The molecule has 0 atom stereocenters. The summed E-state index contributed by atoms with van der Waals surface area (Å²) in [5.41, 5.74) is 12.3. The third kappa shape index (κ3) is 8.46. The van der Waals surface area contributed by atoms with E-state index in [9.17, 15) is 0 Å². The Hall–Kier alpha value is -8.82. The Balaban J connectivity index is 0.866. The van der Waals surface area contributed by atoms with Gasteiger partial charge >= 0.3 is 0 Å². The van der Waals surface area contributed by atoms with Gasteiger partial charge in [0.25, 0.3) is 0 Å². The molecule has 11 aromatic carbocycles. The first-order chi connectivity index (χ1) is 37.5. The van der Waals surface area contributed by atoms with Gasteiger partial charge in [-0.2, -0.15) is 0 Å². The monoisotopic (exact) mass is 995 g/mol. The van der Waals surface area contributed by atoms with E-state index in [2.05, 4.69) is 188 Å². The minimum absolute atomic E-state index is 0.151. The highest BCUT2D eigenvalue weighted by atomic mass is 31.2. The van der Waals surface area contributed by atoms with Crippen molar-refractivity contribution in [2.75, 3.05) is 0 Å². The molecule has 1 fully saturated rings. The van der Waals surface area contributed by atoms with Crippen molar-refractivity contribution in [3.05, 3.63) is 278 Å². The highest BCUT2D eigenvalue weighted by Gasteiger charge is 2.37. The highest BCUT2D eigenvalue weighted by molar-refractivity contribution is 7.86. The molecule has 0 N–H and O–H groups in total. The zero-order valence-electron chi connectivity index (χ0n) is 42.1. The molecule has 0 unspecified atom stereocenters. The highest BCUT2D eigenvalue weighted by Crippen LogP contribution is 2.50. The Labute approximate surface area is 444 Å². The van der Waals surface area contributed by atoms with Gasteiger partial charge < -0.3 is 4.57 Å². The van der Waals surface area contributed by atoms with Gasteiger partial charge in [0.1, 0.15) is 0 Å². The van der Waals surface area contributed by atoms with Crippen LogP contribution in [0.5, 0.6) is 0 Å². The third-order valence-corrected chi connectivity index (χ3v) is 18.9. The molecule has 0 bridgehead atoms. The summed E-state index contributed by atoms with van der Waals surface area (Å²) >= 11 is 0. The minimum atomic E-state index is -3.34. The molecule has 76 heavy (non-hydrogen) atoms. The SMILES string of the molecule is O=P(c1ccccc1)(c1ccccc1)c1c2ccccc2c(-c2ccc(C3(c4ccc(-c5nc(-c6ccccc6)nc(-c6ccc(-c7ccccc7-c7ccccc7)cc6)n5)cc4)CCCCC3)cc2)c2ccccc12. The van der Waals surface area contributed by atoms with Crippen molar-refractivity contribution in [3.8, 4) is 67.5 Å². The summed E-state index contributed by atoms with van der Waals surface area (Å²) in [5, 5.41) is 6.77. The van der Waals surface area contributed by atoms with Gasteiger partial charge in [-0.1, -0.05) is 286 Å². The van der Waals surface area contributed by atoms with Gasteiger partial charge in [0.15, 0.2) is 24.6 Å². The number of benzene rings is 11. The average Bonchev–Trinajstić information content (AvgIpc) is 3.58. The first-order valence-electron chi connectivity index (χ1n) is 26.5. The number of nitrogens with zero attached hydrogens (tertiary/aromatic N) is 3. The topological polar surface area (TPSA) is 55.7 Å². The average molecular weight is 996 g/mol. The molecule has 0 saturated heterocycles. The summed E-state index contributed by atoms with van der Waals surface area (Å²) in [6.45, 7) is 0. The summed E-state index contributed by atoms with van der Waals surface area (Å²) in [4.78, 5) is 15.4. The lowest BCUT2D eigenvalue weighted by molar-refractivity contribution is 0.346. The molecule has 1 aliphatic rings. The van der Waals surface area contributed by atoms with E-state index in [4.69, 9.17) is 15.0 Å². The Bertz CT molecular complexity index is 3960. The van der Waals surface area contributed by atoms with Gasteiger partial charge in [0.05, 0.1) is 0 Å². The molecule has 0 aliphatic heterocycles. The van der Waals surface area contributed by atoms with Crippen LogP contribution in [-0.2, 0) is 9.98 Å². The zero-order chi connectivity index (χ0) is 50.9. The van der Waals surface area contributed by atoms with Gasteiger partial charge in [-0.05, 0) is 78.9 Å². The molecule has 0 spiro atoms. The third-order valence-electron chi connectivity index (χ3n) is 15.7. The van der Waals surface area contributed by atoms with Crippen molar-refractivity contribution >= 4 is 44.6 Å². The van der Waals surface area contributed by atoms with Crippen molar-refractivity contribution in [3.63, 3.8) is 0 Å². The van der Waals surface area contributed by atoms with E-state index in [1.54, 1.807) is 0 Å². The van der Waals surface area contributed by atoms with Crippen LogP contribution in [0, 0.1) is 0 Å². The maximum atomic E-state index is 16.2. The van der Waals surface area contributed by atoms with E-state index in [-0.39, 0.29) is 5.41 Å². The smallest absolute Gasteiger partial charge is 0.172 e. The first-order valence-corrected chi connectivity index (χ1v) is 28.2. The van der Waals surface area contributed by atoms with Crippen LogP contribution in [0.25, 0.3) is 89.1 Å². The van der Waals surface area contributed by atoms with Crippen molar-refractivity contribution in [2.45, 2.75) is 37.5 Å². The normalized spacial score (nSPS) is 13.4. The fourth-order valence-electron chi connectivity index (χ4n) is 12.0. The van der Waals surface area contributed by atoms with Crippen LogP contribution in [0.4, 0.5) is 0 Å². The lowest BCUT2D eigenvalue weighted by Crippen LogP contribution is -2.30. The summed E-state index contributed by atoms with van der Waals surface area (Å²) in [7, 11) is -3.34. The van der Waals surface area contributed by atoms with Crippen molar-refractivity contribution in [2.24, 2.45) is 0 Å². The largest absolute Gasteiger partial charge is 0.309 e. The van der Waals surface area contributed by atoms with Crippen molar-refractivity contribution in [1.29, 1.82) is 0 Å². The molecule has 1 heterocycles. The molecule has 12 aromatic rings. The Morgan fingerprint density at radius 3 is 1.09 bits per heavy atom. The van der Waals surface area contributed by atoms with Crippen molar-refractivity contribution in [1.82, 2.24) is 15.0 Å². The maximum Gasteiger partial charge on any atom is 0.172 e. The lowest BCUT2D eigenvalue weighted by Gasteiger charge is -2.39. The molecule has 364 valence electrons. The predicted molar refractivity (Wildman–Crippen MR) is 317 cm³/mol. The summed E-state index contributed by atoms with van der Waals surface area (Å²) in [6, 6.07) is 93.6. The second-order valence-electron chi connectivity index (χ2n) is 20.1. The van der Waals surface area contributed by atoms with Crippen LogP contribution in [0.3, 0.4) is 0 Å². The summed E-state index contributed by atoms with van der Waals surface area (Å²) < 4.78 is 16.2. The van der Waals surface area contributed by atoms with Crippen LogP contribution in [0.1, 0.15) is 43.2 Å². The Kier molecular flexibility index (Phi) is 12.4. The Morgan fingerprint density at radius 2 is 0.632 bits per heavy atom. The van der Waals surface area contributed by atoms with Crippen molar-refractivity contribution < 1.29 is 4.57 Å². The van der Waals surface area contributed by atoms with Crippen LogP contribution in [0.15, 0.2) is 267 Å². The van der Waals surface area contributed by atoms with Gasteiger partial charge in [-0.25, -0.2) is 15.0 Å². The van der Waals surface area contributed by atoms with Gasteiger partial charge in [0, 0.05) is 38.0 Å². The van der Waals surface area contributed by atoms with Crippen LogP contribution >= 0.6 is 7.14 Å². The van der Waals surface area contributed by atoms with E-state index in [1.165, 1.54) is 34.2 Å². The number of hydrogen-bond acceptors (Lipinski definition) is 4. The van der Waals surface area contributed by atoms with E-state index in [1.807, 2.05) is 78.9 Å². The summed E-state index contributed by atoms with van der Waals surface area (Å²) in [5.74, 6) is 1.92. The number of aromatic nitrogens is 3. The standard InChI is InChI=1S/C71H54N3OP/c75-76(58-26-10-3-11-27-58,59-28-12-4-13-29-59)67-64-34-18-16-32-62(64)66(63-33-17-19-35-65(63)67)52-40-44-56(45-41-52)71(48-20-5-21-49-71)57-46-42-55(43-47-57)70-73-68(53-24-8-2-9-25-53)72-69(74-70)54-38-36-51(37-39-54)61-31-15-14-30-60(61)50-22-6-1-7-23-50/h1-4,6-19,22-47H,5,20-21,48-49H2. The molecule has 0 amide bonds. The van der Waals surface area contributed by atoms with Crippen LogP contribution in [-0.4, -0.2) is 15.0 Å².